The summed E-state index contributed by atoms with van der Waals surface area (Å²) in [6.07, 6.45) is 2.28. The van der Waals surface area contributed by atoms with Gasteiger partial charge in [-0.1, -0.05) is 0 Å². The lowest BCUT2D eigenvalue weighted by molar-refractivity contribution is 0.0268. The molecule has 2 heterocycles. The van der Waals surface area contributed by atoms with Gasteiger partial charge in [-0.3, -0.25) is 0 Å². The molecule has 18 heavy (non-hydrogen) atoms. The Labute approximate surface area is 108 Å². The van der Waals surface area contributed by atoms with Crippen LogP contribution in [0.2, 0.25) is 0 Å². The van der Waals surface area contributed by atoms with Crippen molar-refractivity contribution < 1.29 is 14.3 Å². The summed E-state index contributed by atoms with van der Waals surface area (Å²) in [4.78, 5) is 14.0. The molecule has 100 valence electrons. The molecule has 0 aromatic heterocycles. The van der Waals surface area contributed by atoms with Gasteiger partial charge in [-0.05, 0) is 50.9 Å². The van der Waals surface area contributed by atoms with E-state index < -0.39 is 0 Å². The van der Waals surface area contributed by atoms with E-state index in [9.17, 15) is 4.79 Å². The molecule has 2 saturated carbocycles. The first-order valence-corrected chi connectivity index (χ1v) is 7.07. The third kappa shape index (κ3) is 1.44. The van der Waals surface area contributed by atoms with Crippen molar-refractivity contribution in [3.63, 3.8) is 0 Å². The van der Waals surface area contributed by atoms with E-state index in [0.29, 0.717) is 24.0 Å². The second-order valence-electron chi connectivity index (χ2n) is 7.34. The van der Waals surface area contributed by atoms with Crippen molar-refractivity contribution in [2.45, 2.75) is 45.0 Å². The summed E-state index contributed by atoms with van der Waals surface area (Å²) in [6.45, 7) is 7.54. The van der Waals surface area contributed by atoms with Crippen LogP contribution in [0.1, 0.15) is 27.2 Å². The molecule has 2 saturated heterocycles. The Bertz CT molecular complexity index is 380. The molecule has 0 aromatic rings. The summed E-state index contributed by atoms with van der Waals surface area (Å²) in [6, 6.07) is 0. The third-order valence-corrected chi connectivity index (χ3v) is 5.11. The molecule has 0 unspecified atom stereocenters. The first kappa shape index (κ1) is 11.1. The standard InChI is InChI=1S/C14H21NO3/c1-14(2,3)18-13(16)15-5-9-7-4-8(10(9)6-15)12-11(7)17-12/h7-12H,4-6H2,1-3H3/t7-,8+,9+,10-,11-,12+. The zero-order chi connectivity index (χ0) is 12.7. The second-order valence-corrected chi connectivity index (χ2v) is 7.34. The Morgan fingerprint density at radius 2 is 1.67 bits per heavy atom. The predicted molar refractivity (Wildman–Crippen MR) is 65.0 cm³/mol. The van der Waals surface area contributed by atoms with E-state index in [4.69, 9.17) is 9.47 Å². The van der Waals surface area contributed by atoms with Gasteiger partial charge in [0.1, 0.15) is 5.60 Å². The summed E-state index contributed by atoms with van der Waals surface area (Å²) >= 11 is 0. The van der Waals surface area contributed by atoms with Crippen molar-refractivity contribution in [2.24, 2.45) is 23.7 Å². The van der Waals surface area contributed by atoms with Gasteiger partial charge in [-0.25, -0.2) is 4.79 Å². The van der Waals surface area contributed by atoms with Crippen molar-refractivity contribution in [3.05, 3.63) is 0 Å². The number of amides is 1. The summed E-state index contributed by atoms with van der Waals surface area (Å²) in [5.74, 6) is 2.78. The van der Waals surface area contributed by atoms with Crippen LogP contribution in [0.4, 0.5) is 4.79 Å². The zero-order valence-electron chi connectivity index (χ0n) is 11.3. The van der Waals surface area contributed by atoms with Gasteiger partial charge in [-0.15, -0.1) is 0 Å². The number of hydrogen-bond acceptors (Lipinski definition) is 3. The number of carbonyl (C=O) groups is 1. The SMILES string of the molecule is CC(C)(C)OC(=O)N1C[C@@H]2[C@H](C1)[C@@H]1C[C@H]2[C@H]2O[C@@H]12. The number of fused-ring (bicyclic) bond motifs is 8. The maximum absolute atomic E-state index is 12.1. The van der Waals surface area contributed by atoms with Gasteiger partial charge in [0.15, 0.2) is 0 Å². The number of likely N-dealkylation sites (tertiary alicyclic amines) is 1. The quantitative estimate of drug-likeness (QED) is 0.617. The van der Waals surface area contributed by atoms with E-state index in [-0.39, 0.29) is 11.7 Å². The van der Waals surface area contributed by atoms with Crippen molar-refractivity contribution in [1.82, 2.24) is 4.90 Å². The van der Waals surface area contributed by atoms with Crippen LogP contribution < -0.4 is 0 Å². The molecule has 2 aliphatic heterocycles. The second kappa shape index (κ2) is 3.21. The summed E-state index contributed by atoms with van der Waals surface area (Å²) in [7, 11) is 0. The molecule has 4 rings (SSSR count). The van der Waals surface area contributed by atoms with Crippen LogP contribution in [0, 0.1) is 23.7 Å². The lowest BCUT2D eigenvalue weighted by Crippen LogP contribution is -2.36. The highest BCUT2D eigenvalue weighted by Crippen LogP contribution is 2.63. The minimum Gasteiger partial charge on any atom is -0.444 e. The van der Waals surface area contributed by atoms with Crippen molar-refractivity contribution in [3.8, 4) is 0 Å². The number of epoxide rings is 1. The van der Waals surface area contributed by atoms with Gasteiger partial charge in [0.05, 0.1) is 12.2 Å². The molecule has 0 N–H and O–H groups in total. The first-order valence-electron chi connectivity index (χ1n) is 7.07. The summed E-state index contributed by atoms with van der Waals surface area (Å²) < 4.78 is 11.2. The van der Waals surface area contributed by atoms with Crippen molar-refractivity contribution in [2.75, 3.05) is 13.1 Å². The van der Waals surface area contributed by atoms with Gasteiger partial charge in [0.25, 0.3) is 0 Å². The molecule has 4 aliphatic rings. The molecule has 4 fully saturated rings. The minimum atomic E-state index is -0.390. The van der Waals surface area contributed by atoms with Gasteiger partial charge >= 0.3 is 6.09 Å². The van der Waals surface area contributed by atoms with Gasteiger partial charge < -0.3 is 14.4 Å². The normalized spacial score (nSPS) is 48.1. The van der Waals surface area contributed by atoms with E-state index in [2.05, 4.69) is 0 Å². The first-order chi connectivity index (χ1) is 8.44. The molecule has 4 nitrogen and oxygen atoms in total. The fourth-order valence-electron chi connectivity index (χ4n) is 4.48. The maximum atomic E-state index is 12.1. The highest BCUT2D eigenvalue weighted by atomic mass is 16.6. The molecule has 6 atom stereocenters. The van der Waals surface area contributed by atoms with Crippen LogP contribution in [0.5, 0.6) is 0 Å². The number of nitrogens with zero attached hydrogens (tertiary/aromatic N) is 1. The van der Waals surface area contributed by atoms with Gasteiger partial charge in [0, 0.05) is 13.1 Å². The summed E-state index contributed by atoms with van der Waals surface area (Å²) in [5.41, 5.74) is -0.390. The predicted octanol–water partition coefficient (Wildman–Crippen LogP) is 1.89. The van der Waals surface area contributed by atoms with E-state index in [1.54, 1.807) is 0 Å². The zero-order valence-corrected chi connectivity index (χ0v) is 11.3. The Balaban J connectivity index is 1.45. The van der Waals surface area contributed by atoms with E-state index in [1.807, 2.05) is 25.7 Å². The number of carbonyl (C=O) groups excluding carboxylic acids is 1. The lowest BCUT2D eigenvalue weighted by atomic mass is 9.82. The average Bonchev–Trinajstić information content (AvgIpc) is 2.68. The number of ether oxygens (including phenoxy) is 2. The fraction of sp³-hybridized carbons (Fsp3) is 0.929. The Morgan fingerprint density at radius 1 is 1.11 bits per heavy atom. The van der Waals surface area contributed by atoms with Crippen LogP contribution in [-0.2, 0) is 9.47 Å². The van der Waals surface area contributed by atoms with Gasteiger partial charge in [-0.2, -0.15) is 0 Å². The van der Waals surface area contributed by atoms with Crippen molar-refractivity contribution in [1.29, 1.82) is 0 Å². The summed E-state index contributed by atoms with van der Waals surface area (Å²) in [5, 5.41) is 0. The topological polar surface area (TPSA) is 42.1 Å². The molecule has 1 amide bonds. The monoisotopic (exact) mass is 251 g/mol. The highest BCUT2D eigenvalue weighted by Gasteiger charge is 2.69. The van der Waals surface area contributed by atoms with E-state index >= 15 is 0 Å². The lowest BCUT2D eigenvalue weighted by Gasteiger charge is -2.25. The molecular formula is C14H21NO3. The molecule has 0 radical (unpaired) electrons. The smallest absolute Gasteiger partial charge is 0.410 e. The largest absolute Gasteiger partial charge is 0.444 e. The fourth-order valence-corrected chi connectivity index (χ4v) is 4.48. The van der Waals surface area contributed by atoms with Crippen molar-refractivity contribution >= 4 is 6.09 Å². The number of hydrogen-bond donors (Lipinski definition) is 0. The Morgan fingerprint density at radius 3 is 2.17 bits per heavy atom. The van der Waals surface area contributed by atoms with Crippen LogP contribution in [-0.4, -0.2) is 41.9 Å². The van der Waals surface area contributed by atoms with E-state index in [1.165, 1.54) is 6.42 Å². The molecule has 4 heteroatoms. The van der Waals surface area contributed by atoms with Crippen LogP contribution in [0.3, 0.4) is 0 Å². The highest BCUT2D eigenvalue weighted by molar-refractivity contribution is 5.68. The Kier molecular flexibility index (Phi) is 1.98. The van der Waals surface area contributed by atoms with Gasteiger partial charge in [0.2, 0.25) is 0 Å². The molecule has 2 aliphatic carbocycles. The average molecular weight is 251 g/mol. The molecule has 0 aromatic carbocycles. The number of rotatable bonds is 0. The minimum absolute atomic E-state index is 0.133. The molecule has 2 bridgehead atoms. The van der Waals surface area contributed by atoms with E-state index in [0.717, 1.165) is 24.9 Å². The van der Waals surface area contributed by atoms with Crippen LogP contribution in [0.25, 0.3) is 0 Å². The molecular weight excluding hydrogens is 230 g/mol. The molecule has 0 spiro atoms. The Hall–Kier alpha value is -0.770. The maximum Gasteiger partial charge on any atom is 0.410 e. The van der Waals surface area contributed by atoms with Crippen LogP contribution in [0.15, 0.2) is 0 Å². The third-order valence-electron chi connectivity index (χ3n) is 5.11. The van der Waals surface area contributed by atoms with Crippen LogP contribution >= 0.6 is 0 Å².